The molecule has 2 N–H and O–H groups in total. The average molecular weight is 246 g/mol. The highest BCUT2D eigenvalue weighted by molar-refractivity contribution is 9.09. The van der Waals surface area contributed by atoms with E-state index in [-0.39, 0.29) is 16.3 Å². The summed E-state index contributed by atoms with van der Waals surface area (Å²) in [6.07, 6.45) is 0.479. The second kappa shape index (κ2) is 3.02. The Morgan fingerprint density at radius 3 is 2.69 bits per heavy atom. The van der Waals surface area contributed by atoms with Crippen LogP contribution < -0.4 is 10.5 Å². The van der Waals surface area contributed by atoms with Crippen molar-refractivity contribution in [3.8, 4) is 0 Å². The lowest BCUT2D eigenvalue weighted by Gasteiger charge is -2.11. The zero-order chi connectivity index (χ0) is 9.42. The van der Waals surface area contributed by atoms with E-state index in [4.69, 9.17) is 0 Å². The van der Waals surface area contributed by atoms with Crippen molar-refractivity contribution in [2.75, 3.05) is 11.4 Å². The molecule has 0 radical (unpaired) electrons. The molecule has 1 fully saturated rings. The molecule has 6 heteroatoms. The topological polar surface area (TPSA) is 69.0 Å². The Kier molecular flexibility index (Phi) is 1.99. The first-order chi connectivity index (χ1) is 6.16. The van der Waals surface area contributed by atoms with Gasteiger partial charge in [0.15, 0.2) is 0 Å². The lowest BCUT2D eigenvalue weighted by molar-refractivity contribution is -0.117. The summed E-state index contributed by atoms with van der Waals surface area (Å²) < 4.78 is 0. The second-order valence-corrected chi connectivity index (χ2v) is 4.24. The lowest BCUT2D eigenvalue weighted by Crippen LogP contribution is -2.24. The van der Waals surface area contributed by atoms with E-state index in [1.807, 2.05) is 0 Å². The van der Waals surface area contributed by atoms with Gasteiger partial charge in [-0.25, -0.2) is 0 Å². The fraction of sp³-hybridized carbons (Fsp3) is 0.429. The Bertz CT molecular complexity index is 383. The van der Waals surface area contributed by atoms with Gasteiger partial charge in [-0.2, -0.15) is 0 Å². The molecule has 0 aromatic carbocycles. The monoisotopic (exact) mass is 245 g/mol. The maximum atomic E-state index is 11.4. The van der Waals surface area contributed by atoms with Crippen LogP contribution in [-0.2, 0) is 4.79 Å². The molecule has 1 unspecified atom stereocenters. The van der Waals surface area contributed by atoms with Crippen LogP contribution in [0.15, 0.2) is 10.9 Å². The van der Waals surface area contributed by atoms with Gasteiger partial charge in [-0.3, -0.25) is 24.7 Å². The SMILES string of the molecule is O=C1CC(Br)CN1c1cc(=O)[nH][nH]1. The van der Waals surface area contributed by atoms with E-state index in [1.54, 1.807) is 4.90 Å². The summed E-state index contributed by atoms with van der Waals surface area (Å²) in [6.45, 7) is 0.604. The Morgan fingerprint density at radius 2 is 2.23 bits per heavy atom. The predicted molar refractivity (Wildman–Crippen MR) is 51.1 cm³/mol. The predicted octanol–water partition coefficient (Wildman–Crippen LogP) is 0.203. The number of anilines is 1. The molecule has 1 aliphatic heterocycles. The standard InChI is InChI=1S/C7H8BrN3O2/c8-4-1-7(13)11(3-4)5-2-6(12)10-9-5/h2,4H,1,3H2,(H2,9,10,12). The van der Waals surface area contributed by atoms with Crippen molar-refractivity contribution in [1.29, 1.82) is 0 Å². The number of nitrogens with one attached hydrogen (secondary N) is 2. The number of carbonyl (C=O) groups is 1. The number of hydrogen-bond donors (Lipinski definition) is 2. The van der Waals surface area contributed by atoms with E-state index in [9.17, 15) is 9.59 Å². The molecule has 1 aromatic heterocycles. The number of H-pyrrole nitrogens is 2. The Balaban J connectivity index is 2.27. The van der Waals surface area contributed by atoms with Gasteiger partial charge in [-0.15, -0.1) is 0 Å². The number of nitrogens with zero attached hydrogens (tertiary/aromatic N) is 1. The third-order valence-corrected chi connectivity index (χ3v) is 2.56. The number of rotatable bonds is 1. The van der Waals surface area contributed by atoms with Crippen molar-refractivity contribution in [3.05, 3.63) is 16.4 Å². The molecule has 1 amide bonds. The molecule has 0 bridgehead atoms. The number of aromatic nitrogens is 2. The van der Waals surface area contributed by atoms with Crippen LogP contribution in [0.5, 0.6) is 0 Å². The summed E-state index contributed by atoms with van der Waals surface area (Å²) in [6, 6.07) is 1.38. The average Bonchev–Trinajstić information content (AvgIpc) is 2.58. The zero-order valence-electron chi connectivity index (χ0n) is 6.71. The van der Waals surface area contributed by atoms with Crippen molar-refractivity contribution in [2.45, 2.75) is 11.2 Å². The first kappa shape index (κ1) is 8.55. The Hall–Kier alpha value is -1.04. The van der Waals surface area contributed by atoms with Gasteiger partial charge >= 0.3 is 0 Å². The van der Waals surface area contributed by atoms with Crippen LogP contribution in [0.4, 0.5) is 5.82 Å². The summed E-state index contributed by atoms with van der Waals surface area (Å²) in [5.41, 5.74) is -0.221. The van der Waals surface area contributed by atoms with Crippen LogP contribution in [0, 0.1) is 0 Å². The van der Waals surface area contributed by atoms with Gasteiger partial charge in [-0.05, 0) is 0 Å². The third kappa shape index (κ3) is 1.53. The molecule has 0 saturated carbocycles. The number of halogens is 1. The van der Waals surface area contributed by atoms with Crippen LogP contribution >= 0.6 is 15.9 Å². The van der Waals surface area contributed by atoms with Crippen molar-refractivity contribution in [1.82, 2.24) is 10.2 Å². The fourth-order valence-electron chi connectivity index (χ4n) is 1.36. The molecule has 1 saturated heterocycles. The van der Waals surface area contributed by atoms with Crippen LogP contribution in [-0.4, -0.2) is 27.5 Å². The minimum absolute atomic E-state index is 0.0251. The van der Waals surface area contributed by atoms with Crippen molar-refractivity contribution >= 4 is 27.7 Å². The number of hydrogen-bond acceptors (Lipinski definition) is 2. The van der Waals surface area contributed by atoms with Gasteiger partial charge < -0.3 is 0 Å². The Morgan fingerprint density at radius 1 is 1.46 bits per heavy atom. The normalized spacial score (nSPS) is 22.7. The molecular weight excluding hydrogens is 238 g/mol. The molecular formula is C7H8BrN3O2. The third-order valence-electron chi connectivity index (χ3n) is 1.95. The molecule has 0 spiro atoms. The first-order valence-corrected chi connectivity index (χ1v) is 4.80. The molecule has 70 valence electrons. The minimum atomic E-state index is -0.221. The molecule has 5 nitrogen and oxygen atoms in total. The molecule has 2 heterocycles. The summed E-state index contributed by atoms with van der Waals surface area (Å²) >= 11 is 3.36. The molecule has 0 aliphatic carbocycles. The molecule has 13 heavy (non-hydrogen) atoms. The first-order valence-electron chi connectivity index (χ1n) is 3.89. The quantitative estimate of drug-likeness (QED) is 0.695. The van der Waals surface area contributed by atoms with Crippen molar-refractivity contribution < 1.29 is 4.79 Å². The van der Waals surface area contributed by atoms with E-state index in [2.05, 4.69) is 26.1 Å². The van der Waals surface area contributed by atoms with E-state index >= 15 is 0 Å². The largest absolute Gasteiger partial charge is 0.296 e. The lowest BCUT2D eigenvalue weighted by atomic mass is 10.4. The summed E-state index contributed by atoms with van der Waals surface area (Å²) in [7, 11) is 0. The maximum Gasteiger partial charge on any atom is 0.266 e. The molecule has 1 aliphatic rings. The Labute approximate surface area is 82.2 Å². The van der Waals surface area contributed by atoms with E-state index in [1.165, 1.54) is 6.07 Å². The highest BCUT2D eigenvalue weighted by atomic mass is 79.9. The van der Waals surface area contributed by atoms with Gasteiger partial charge in [0.1, 0.15) is 5.82 Å². The smallest absolute Gasteiger partial charge is 0.266 e. The van der Waals surface area contributed by atoms with Gasteiger partial charge in [0.2, 0.25) is 5.91 Å². The van der Waals surface area contributed by atoms with Gasteiger partial charge in [-0.1, -0.05) is 15.9 Å². The number of alkyl halides is 1. The number of carbonyl (C=O) groups excluding carboxylic acids is 1. The van der Waals surface area contributed by atoms with Gasteiger partial charge in [0.25, 0.3) is 5.56 Å². The maximum absolute atomic E-state index is 11.4. The van der Waals surface area contributed by atoms with Crippen molar-refractivity contribution in [2.24, 2.45) is 0 Å². The van der Waals surface area contributed by atoms with Gasteiger partial charge in [0.05, 0.1) is 0 Å². The van der Waals surface area contributed by atoms with Crippen LogP contribution in [0.25, 0.3) is 0 Å². The number of amides is 1. The van der Waals surface area contributed by atoms with Crippen LogP contribution in [0.3, 0.4) is 0 Å². The van der Waals surface area contributed by atoms with Crippen LogP contribution in [0.1, 0.15) is 6.42 Å². The summed E-state index contributed by atoms with van der Waals surface area (Å²) in [4.78, 5) is 23.9. The summed E-state index contributed by atoms with van der Waals surface area (Å²) in [5.74, 6) is 0.564. The van der Waals surface area contributed by atoms with Gasteiger partial charge in [0, 0.05) is 23.9 Å². The number of aromatic amines is 2. The van der Waals surface area contributed by atoms with E-state index in [0.29, 0.717) is 18.8 Å². The second-order valence-electron chi connectivity index (χ2n) is 2.95. The molecule has 1 atom stereocenters. The fourth-order valence-corrected chi connectivity index (χ4v) is 1.93. The highest BCUT2D eigenvalue weighted by Crippen LogP contribution is 2.21. The van der Waals surface area contributed by atoms with E-state index in [0.717, 1.165) is 0 Å². The summed E-state index contributed by atoms with van der Waals surface area (Å²) in [5, 5.41) is 5.04. The van der Waals surface area contributed by atoms with E-state index < -0.39 is 0 Å². The van der Waals surface area contributed by atoms with Crippen LogP contribution in [0.2, 0.25) is 0 Å². The minimum Gasteiger partial charge on any atom is -0.296 e. The molecule has 1 aromatic rings. The highest BCUT2D eigenvalue weighted by Gasteiger charge is 2.29. The van der Waals surface area contributed by atoms with Crippen molar-refractivity contribution in [3.63, 3.8) is 0 Å². The molecule has 2 rings (SSSR count). The zero-order valence-corrected chi connectivity index (χ0v) is 8.30.